The Bertz CT molecular complexity index is 393. The largest absolute Gasteiger partial charge is 0.481 e. The Balaban J connectivity index is 2.79. The lowest BCUT2D eigenvalue weighted by Gasteiger charge is -2.22. The molecule has 1 aliphatic carbocycles. The summed E-state index contributed by atoms with van der Waals surface area (Å²) >= 11 is 0. The zero-order chi connectivity index (χ0) is 15.4. The summed E-state index contributed by atoms with van der Waals surface area (Å²) in [5, 5.41) is 20.8. The molecule has 1 rings (SSSR count). The Labute approximate surface area is 118 Å². The molecule has 0 aromatic rings. The van der Waals surface area contributed by atoms with Gasteiger partial charge in [-0.2, -0.15) is 0 Å². The third-order valence-corrected chi connectivity index (χ3v) is 4.12. The van der Waals surface area contributed by atoms with Gasteiger partial charge < -0.3 is 15.5 Å². The zero-order valence-electron chi connectivity index (χ0n) is 12.1. The first-order valence-electron chi connectivity index (χ1n) is 7.03. The molecular formula is C14H23NO5. The van der Waals surface area contributed by atoms with Gasteiger partial charge in [-0.05, 0) is 24.7 Å². The number of carboxylic acid groups (broad SMARTS) is 2. The monoisotopic (exact) mass is 285 g/mol. The minimum absolute atomic E-state index is 0.217. The number of rotatable bonds is 6. The summed E-state index contributed by atoms with van der Waals surface area (Å²) in [6.07, 6.45) is 1.84. The molecule has 0 spiro atoms. The lowest BCUT2D eigenvalue weighted by atomic mass is 9.94. The van der Waals surface area contributed by atoms with Gasteiger partial charge in [-0.3, -0.25) is 9.59 Å². The Morgan fingerprint density at radius 3 is 2.10 bits per heavy atom. The van der Waals surface area contributed by atoms with Gasteiger partial charge in [-0.1, -0.05) is 27.2 Å². The van der Waals surface area contributed by atoms with Gasteiger partial charge in [-0.15, -0.1) is 0 Å². The van der Waals surface area contributed by atoms with Gasteiger partial charge in [0.15, 0.2) is 0 Å². The molecule has 1 fully saturated rings. The van der Waals surface area contributed by atoms with E-state index in [4.69, 9.17) is 5.11 Å². The van der Waals surface area contributed by atoms with Crippen LogP contribution in [0.15, 0.2) is 0 Å². The summed E-state index contributed by atoms with van der Waals surface area (Å²) in [5.41, 5.74) is 0. The van der Waals surface area contributed by atoms with Crippen LogP contribution in [-0.4, -0.2) is 34.1 Å². The van der Waals surface area contributed by atoms with E-state index in [1.807, 2.05) is 6.92 Å². The van der Waals surface area contributed by atoms with Crippen LogP contribution < -0.4 is 5.32 Å². The van der Waals surface area contributed by atoms with Crippen LogP contribution >= 0.6 is 0 Å². The molecule has 1 saturated carbocycles. The fourth-order valence-corrected chi connectivity index (χ4v) is 2.81. The van der Waals surface area contributed by atoms with Crippen molar-refractivity contribution >= 4 is 17.8 Å². The van der Waals surface area contributed by atoms with E-state index in [-0.39, 0.29) is 11.8 Å². The highest BCUT2D eigenvalue weighted by Crippen LogP contribution is 2.38. The van der Waals surface area contributed by atoms with Crippen molar-refractivity contribution in [2.45, 2.75) is 46.1 Å². The molecule has 0 bridgehead atoms. The molecule has 3 N–H and O–H groups in total. The van der Waals surface area contributed by atoms with Gasteiger partial charge in [0.05, 0.1) is 11.8 Å². The van der Waals surface area contributed by atoms with E-state index in [0.29, 0.717) is 12.8 Å². The number of aliphatic carboxylic acids is 2. The molecule has 1 aliphatic rings. The molecule has 0 aromatic carbocycles. The topological polar surface area (TPSA) is 104 Å². The Morgan fingerprint density at radius 1 is 1.15 bits per heavy atom. The maximum Gasteiger partial charge on any atom is 0.326 e. The van der Waals surface area contributed by atoms with E-state index >= 15 is 0 Å². The highest BCUT2D eigenvalue weighted by atomic mass is 16.4. The van der Waals surface area contributed by atoms with Crippen molar-refractivity contribution in [2.24, 2.45) is 23.7 Å². The first-order chi connectivity index (χ1) is 9.27. The van der Waals surface area contributed by atoms with Crippen LogP contribution in [0.5, 0.6) is 0 Å². The molecular weight excluding hydrogens is 262 g/mol. The summed E-state index contributed by atoms with van der Waals surface area (Å²) in [6.45, 7) is 5.38. The number of hydrogen-bond acceptors (Lipinski definition) is 3. The van der Waals surface area contributed by atoms with Crippen LogP contribution in [0.25, 0.3) is 0 Å². The molecule has 114 valence electrons. The molecule has 0 heterocycles. The highest BCUT2D eigenvalue weighted by molar-refractivity contribution is 5.88. The van der Waals surface area contributed by atoms with Gasteiger partial charge >= 0.3 is 11.9 Å². The minimum Gasteiger partial charge on any atom is -0.481 e. The third-order valence-electron chi connectivity index (χ3n) is 4.12. The van der Waals surface area contributed by atoms with Gasteiger partial charge in [0.1, 0.15) is 6.04 Å². The Kier molecular flexibility index (Phi) is 5.53. The van der Waals surface area contributed by atoms with E-state index in [2.05, 4.69) is 5.32 Å². The minimum atomic E-state index is -1.09. The van der Waals surface area contributed by atoms with Gasteiger partial charge in [-0.25, -0.2) is 4.79 Å². The maximum atomic E-state index is 12.2. The number of amides is 1. The van der Waals surface area contributed by atoms with Crippen LogP contribution in [0.1, 0.15) is 40.0 Å². The highest BCUT2D eigenvalue weighted by Gasteiger charge is 2.43. The molecule has 0 saturated heterocycles. The Morgan fingerprint density at radius 2 is 1.70 bits per heavy atom. The second-order valence-electron chi connectivity index (χ2n) is 5.87. The van der Waals surface area contributed by atoms with Crippen LogP contribution in [0.4, 0.5) is 0 Å². The van der Waals surface area contributed by atoms with E-state index in [1.54, 1.807) is 13.8 Å². The molecule has 6 heteroatoms. The van der Waals surface area contributed by atoms with Gasteiger partial charge in [0.25, 0.3) is 0 Å². The fourth-order valence-electron chi connectivity index (χ4n) is 2.81. The molecule has 6 nitrogen and oxygen atoms in total. The summed E-state index contributed by atoms with van der Waals surface area (Å²) in [6, 6.07) is -0.974. The molecule has 0 aromatic heterocycles. The molecule has 4 atom stereocenters. The Hall–Kier alpha value is -1.59. The number of carbonyl (C=O) groups excluding carboxylic acids is 1. The van der Waals surface area contributed by atoms with Crippen LogP contribution in [-0.2, 0) is 14.4 Å². The first-order valence-corrected chi connectivity index (χ1v) is 7.03. The van der Waals surface area contributed by atoms with Crippen molar-refractivity contribution < 1.29 is 24.6 Å². The van der Waals surface area contributed by atoms with Gasteiger partial charge in [0, 0.05) is 0 Å². The average Bonchev–Trinajstić information content (AvgIpc) is 2.79. The van der Waals surface area contributed by atoms with Crippen molar-refractivity contribution in [1.82, 2.24) is 5.32 Å². The van der Waals surface area contributed by atoms with E-state index in [9.17, 15) is 19.5 Å². The van der Waals surface area contributed by atoms with E-state index < -0.39 is 35.7 Å². The normalized spacial score (nSPS) is 27.3. The molecule has 0 radical (unpaired) electrons. The third kappa shape index (κ3) is 3.71. The number of nitrogens with one attached hydrogen (secondary N) is 1. The lowest BCUT2D eigenvalue weighted by molar-refractivity contribution is -0.147. The fraction of sp³-hybridized carbons (Fsp3) is 0.786. The standard InChI is InChI=1S/C14H23NO5/c1-4-8-5-9(10(6-8)13(17)18)12(16)15-11(7(2)3)14(19)20/h7-11H,4-6H2,1-3H3,(H,15,16)(H,17,18)(H,19,20)/t8?,9-,10+,11?/m0/s1. The van der Waals surface area contributed by atoms with Crippen LogP contribution in [0.2, 0.25) is 0 Å². The maximum absolute atomic E-state index is 12.2. The van der Waals surface area contributed by atoms with Crippen LogP contribution in [0.3, 0.4) is 0 Å². The summed E-state index contributed by atoms with van der Waals surface area (Å²) in [4.78, 5) is 34.5. The average molecular weight is 285 g/mol. The van der Waals surface area contributed by atoms with Crippen molar-refractivity contribution in [1.29, 1.82) is 0 Å². The smallest absolute Gasteiger partial charge is 0.326 e. The second kappa shape index (κ2) is 6.72. The molecule has 0 aliphatic heterocycles. The number of carboxylic acids is 2. The summed E-state index contributed by atoms with van der Waals surface area (Å²) in [5.74, 6) is -3.88. The number of carbonyl (C=O) groups is 3. The second-order valence-corrected chi connectivity index (χ2v) is 5.87. The SMILES string of the molecule is CCC1C[C@H](C(=O)NC(C(=O)O)C(C)C)[C@H](C(=O)O)C1. The predicted molar refractivity (Wildman–Crippen MR) is 72.0 cm³/mol. The number of hydrogen-bond donors (Lipinski definition) is 3. The molecule has 1 amide bonds. The summed E-state index contributed by atoms with van der Waals surface area (Å²) in [7, 11) is 0. The van der Waals surface area contributed by atoms with Crippen molar-refractivity contribution in [2.75, 3.05) is 0 Å². The predicted octanol–water partition coefficient (Wildman–Crippen LogP) is 1.35. The van der Waals surface area contributed by atoms with Crippen molar-refractivity contribution in [3.8, 4) is 0 Å². The van der Waals surface area contributed by atoms with E-state index in [0.717, 1.165) is 6.42 Å². The van der Waals surface area contributed by atoms with Crippen molar-refractivity contribution in [3.05, 3.63) is 0 Å². The van der Waals surface area contributed by atoms with Crippen molar-refractivity contribution in [3.63, 3.8) is 0 Å². The molecule has 20 heavy (non-hydrogen) atoms. The van der Waals surface area contributed by atoms with E-state index in [1.165, 1.54) is 0 Å². The summed E-state index contributed by atoms with van der Waals surface area (Å²) < 4.78 is 0. The van der Waals surface area contributed by atoms with Crippen LogP contribution in [0, 0.1) is 23.7 Å². The quantitative estimate of drug-likeness (QED) is 0.683. The zero-order valence-corrected chi connectivity index (χ0v) is 12.1. The molecule has 2 unspecified atom stereocenters. The van der Waals surface area contributed by atoms with Gasteiger partial charge in [0.2, 0.25) is 5.91 Å². The first kappa shape index (κ1) is 16.5. The lowest BCUT2D eigenvalue weighted by Crippen LogP contribution is -2.47.